The van der Waals surface area contributed by atoms with Crippen molar-refractivity contribution in [2.45, 2.75) is 29.8 Å². The third-order valence-electron chi connectivity index (χ3n) is 4.22. The fourth-order valence-electron chi connectivity index (χ4n) is 2.90. The highest BCUT2D eigenvalue weighted by atomic mass is 32.2. The summed E-state index contributed by atoms with van der Waals surface area (Å²) in [5.74, 6) is 0.309. The molecule has 1 saturated heterocycles. The number of hydrogen-bond acceptors (Lipinski definition) is 6. The van der Waals surface area contributed by atoms with Gasteiger partial charge in [-0.3, -0.25) is 14.9 Å². The quantitative estimate of drug-likeness (QED) is 0.614. The second kappa shape index (κ2) is 7.22. The molecule has 1 fully saturated rings. The number of nitro benzene ring substituents is 1. The number of nitrogens with zero attached hydrogens (tertiary/aromatic N) is 5. The second-order valence-corrected chi connectivity index (χ2v) is 7.27. The van der Waals surface area contributed by atoms with E-state index in [-0.39, 0.29) is 11.6 Å². The molecule has 9 heteroatoms. The van der Waals surface area contributed by atoms with Gasteiger partial charge in [-0.05, 0) is 42.7 Å². The van der Waals surface area contributed by atoms with E-state index < -0.39 is 4.92 Å². The summed E-state index contributed by atoms with van der Waals surface area (Å²) in [5.41, 5.74) is 0.257. The van der Waals surface area contributed by atoms with E-state index in [9.17, 15) is 14.9 Å². The fraction of sp³-hybridized carbons (Fsp3) is 0.438. The third-order valence-corrected chi connectivity index (χ3v) is 5.34. The van der Waals surface area contributed by atoms with Crippen molar-refractivity contribution >= 4 is 23.4 Å². The fourth-order valence-corrected chi connectivity index (χ4v) is 3.75. The van der Waals surface area contributed by atoms with Gasteiger partial charge in [-0.15, -0.1) is 10.2 Å². The number of likely N-dealkylation sites (tertiary alicyclic amines) is 1. The largest absolute Gasteiger partial charge is 0.338 e. The summed E-state index contributed by atoms with van der Waals surface area (Å²) in [6, 6.07) is 4.62. The van der Waals surface area contributed by atoms with Crippen LogP contribution in [0.2, 0.25) is 0 Å². The van der Waals surface area contributed by atoms with Gasteiger partial charge in [0, 0.05) is 31.8 Å². The lowest BCUT2D eigenvalue weighted by Gasteiger charge is -2.31. The van der Waals surface area contributed by atoms with Crippen LogP contribution in [0.5, 0.6) is 0 Å². The summed E-state index contributed by atoms with van der Waals surface area (Å²) >= 11 is 1.16. The number of piperidine rings is 1. The lowest BCUT2D eigenvalue weighted by Crippen LogP contribution is -2.39. The molecule has 0 aliphatic carbocycles. The van der Waals surface area contributed by atoms with E-state index in [0.29, 0.717) is 34.6 Å². The highest BCUT2D eigenvalue weighted by Crippen LogP contribution is 2.34. The number of rotatable bonds is 4. The lowest BCUT2D eigenvalue weighted by molar-refractivity contribution is -0.387. The summed E-state index contributed by atoms with van der Waals surface area (Å²) in [7, 11) is 1.77. The summed E-state index contributed by atoms with van der Waals surface area (Å²) in [6.45, 7) is 3.51. The van der Waals surface area contributed by atoms with Gasteiger partial charge in [0.05, 0.1) is 9.82 Å². The molecule has 0 radical (unpaired) electrons. The van der Waals surface area contributed by atoms with E-state index in [4.69, 9.17) is 0 Å². The molecule has 0 spiro atoms. The van der Waals surface area contributed by atoms with Gasteiger partial charge < -0.3 is 9.47 Å². The molecule has 8 nitrogen and oxygen atoms in total. The SMILES string of the molecule is CC1CCCN(C(=O)c2ccc(Sc3nncn3C)c([N+](=O)[O-])c2)C1. The molecule has 1 aliphatic rings. The number of aryl methyl sites for hydroxylation is 1. The van der Waals surface area contributed by atoms with Crippen molar-refractivity contribution < 1.29 is 9.72 Å². The molecule has 132 valence electrons. The van der Waals surface area contributed by atoms with Crippen LogP contribution in [-0.4, -0.2) is 43.6 Å². The molecular weight excluding hydrogens is 342 g/mol. The van der Waals surface area contributed by atoms with Crippen LogP contribution in [0, 0.1) is 16.0 Å². The molecule has 3 rings (SSSR count). The van der Waals surface area contributed by atoms with Crippen molar-refractivity contribution in [3.63, 3.8) is 0 Å². The lowest BCUT2D eigenvalue weighted by atomic mass is 9.99. The maximum atomic E-state index is 12.7. The summed E-state index contributed by atoms with van der Waals surface area (Å²) in [5, 5.41) is 19.7. The zero-order valence-corrected chi connectivity index (χ0v) is 14.9. The number of nitro groups is 1. The van der Waals surface area contributed by atoms with E-state index in [1.54, 1.807) is 28.6 Å². The van der Waals surface area contributed by atoms with Crippen LogP contribution in [0.4, 0.5) is 5.69 Å². The maximum Gasteiger partial charge on any atom is 0.284 e. The first-order valence-electron chi connectivity index (χ1n) is 8.05. The molecule has 0 N–H and O–H groups in total. The summed E-state index contributed by atoms with van der Waals surface area (Å²) in [6.07, 6.45) is 3.61. The van der Waals surface area contributed by atoms with E-state index in [0.717, 1.165) is 24.6 Å². The Balaban J connectivity index is 1.87. The first kappa shape index (κ1) is 17.4. The van der Waals surface area contributed by atoms with Crippen LogP contribution in [0.3, 0.4) is 0 Å². The number of aromatic nitrogens is 3. The van der Waals surface area contributed by atoms with Crippen molar-refractivity contribution in [2.24, 2.45) is 13.0 Å². The van der Waals surface area contributed by atoms with Crippen LogP contribution >= 0.6 is 11.8 Å². The monoisotopic (exact) mass is 361 g/mol. The highest BCUT2D eigenvalue weighted by molar-refractivity contribution is 7.99. The highest BCUT2D eigenvalue weighted by Gasteiger charge is 2.25. The normalized spacial score (nSPS) is 17.5. The standard InChI is InChI=1S/C16H19N5O3S/c1-11-4-3-7-20(9-11)15(22)12-5-6-14(13(8-12)21(23)24)25-16-18-17-10-19(16)2/h5-6,8,10-11H,3-4,7,9H2,1-2H3. The van der Waals surface area contributed by atoms with Gasteiger partial charge in [0.1, 0.15) is 6.33 Å². The van der Waals surface area contributed by atoms with Crippen molar-refractivity contribution in [3.05, 3.63) is 40.2 Å². The van der Waals surface area contributed by atoms with E-state index in [2.05, 4.69) is 17.1 Å². The predicted octanol–water partition coefficient (Wildman–Crippen LogP) is 2.75. The van der Waals surface area contributed by atoms with E-state index in [1.165, 1.54) is 12.4 Å². The Morgan fingerprint density at radius 2 is 2.24 bits per heavy atom. The number of carbonyl (C=O) groups is 1. The van der Waals surface area contributed by atoms with Gasteiger partial charge in [0.2, 0.25) is 0 Å². The number of hydrogen-bond donors (Lipinski definition) is 0. The zero-order chi connectivity index (χ0) is 18.0. The Morgan fingerprint density at radius 3 is 2.88 bits per heavy atom. The van der Waals surface area contributed by atoms with Crippen LogP contribution in [-0.2, 0) is 7.05 Å². The minimum atomic E-state index is -0.464. The Bertz CT molecular complexity index is 807. The smallest absolute Gasteiger partial charge is 0.284 e. The first-order chi connectivity index (χ1) is 12.0. The molecular formula is C16H19N5O3S. The third kappa shape index (κ3) is 3.81. The zero-order valence-electron chi connectivity index (χ0n) is 14.1. The van der Waals surface area contributed by atoms with Crippen molar-refractivity contribution in [2.75, 3.05) is 13.1 Å². The molecule has 1 atom stereocenters. The molecule has 2 aromatic rings. The minimum Gasteiger partial charge on any atom is -0.338 e. The average Bonchev–Trinajstić information content (AvgIpc) is 2.99. The molecule has 2 heterocycles. The molecule has 25 heavy (non-hydrogen) atoms. The average molecular weight is 361 g/mol. The van der Waals surface area contributed by atoms with Gasteiger partial charge in [-0.1, -0.05) is 6.92 Å². The number of carbonyl (C=O) groups excluding carboxylic acids is 1. The minimum absolute atomic E-state index is 0.0936. The molecule has 1 unspecified atom stereocenters. The Labute approximate surface area is 149 Å². The van der Waals surface area contributed by atoms with Gasteiger partial charge in [0.15, 0.2) is 5.16 Å². The van der Waals surface area contributed by atoms with E-state index in [1.807, 2.05) is 0 Å². The maximum absolute atomic E-state index is 12.7. The summed E-state index contributed by atoms with van der Waals surface area (Å²) < 4.78 is 1.68. The molecule has 1 aromatic carbocycles. The van der Waals surface area contributed by atoms with Gasteiger partial charge in [0.25, 0.3) is 11.6 Å². The van der Waals surface area contributed by atoms with Crippen molar-refractivity contribution in [1.29, 1.82) is 0 Å². The Hall–Kier alpha value is -2.42. The molecule has 0 bridgehead atoms. The molecule has 1 aliphatic heterocycles. The molecule has 1 aromatic heterocycles. The van der Waals surface area contributed by atoms with Crippen LogP contribution in [0.15, 0.2) is 34.6 Å². The van der Waals surface area contributed by atoms with Crippen LogP contribution in [0.25, 0.3) is 0 Å². The van der Waals surface area contributed by atoms with Gasteiger partial charge in [-0.25, -0.2) is 0 Å². The number of amides is 1. The topological polar surface area (TPSA) is 94.2 Å². The molecule has 0 saturated carbocycles. The van der Waals surface area contributed by atoms with Crippen molar-refractivity contribution in [3.8, 4) is 0 Å². The Morgan fingerprint density at radius 1 is 1.44 bits per heavy atom. The van der Waals surface area contributed by atoms with Crippen LogP contribution in [0.1, 0.15) is 30.1 Å². The van der Waals surface area contributed by atoms with Crippen molar-refractivity contribution in [1.82, 2.24) is 19.7 Å². The Kier molecular flexibility index (Phi) is 5.03. The number of benzene rings is 1. The molecule has 1 amide bonds. The van der Waals surface area contributed by atoms with E-state index >= 15 is 0 Å². The van der Waals surface area contributed by atoms with Gasteiger partial charge >= 0.3 is 0 Å². The summed E-state index contributed by atoms with van der Waals surface area (Å²) in [4.78, 5) is 25.9. The first-order valence-corrected chi connectivity index (χ1v) is 8.87. The second-order valence-electron chi connectivity index (χ2n) is 6.26. The van der Waals surface area contributed by atoms with Crippen LogP contribution < -0.4 is 0 Å². The predicted molar refractivity (Wildman–Crippen MR) is 92.5 cm³/mol. The van der Waals surface area contributed by atoms with Gasteiger partial charge in [-0.2, -0.15) is 0 Å².